The first-order chi connectivity index (χ1) is 9.77. The number of unbranched alkanes of at least 4 members (excludes halogenated alkanes) is 6. The van der Waals surface area contributed by atoms with Crippen LogP contribution in [0.3, 0.4) is 0 Å². The molecule has 0 fully saturated rings. The molecule has 1 aromatic heterocycles. The molecule has 0 amide bonds. The van der Waals surface area contributed by atoms with Crippen LogP contribution in [0, 0.1) is 6.92 Å². The molecule has 1 N–H and O–H groups in total. The van der Waals surface area contributed by atoms with Gasteiger partial charge in [0.2, 0.25) is 0 Å². The van der Waals surface area contributed by atoms with Crippen molar-refractivity contribution in [1.82, 2.24) is 10.3 Å². The Labute approximate surface area is 124 Å². The van der Waals surface area contributed by atoms with Crippen molar-refractivity contribution in [2.75, 3.05) is 13.7 Å². The van der Waals surface area contributed by atoms with E-state index in [9.17, 15) is 0 Å². The molecule has 0 saturated carbocycles. The highest BCUT2D eigenvalue weighted by Gasteiger charge is 2.04. The van der Waals surface area contributed by atoms with Gasteiger partial charge in [0.15, 0.2) is 0 Å². The zero-order valence-electron chi connectivity index (χ0n) is 13.4. The summed E-state index contributed by atoms with van der Waals surface area (Å²) in [6, 6.07) is 4.05. The first kappa shape index (κ1) is 17.0. The lowest BCUT2D eigenvalue weighted by molar-refractivity contribution is 0.299. The molecule has 0 aliphatic rings. The average molecular weight is 278 g/mol. The lowest BCUT2D eigenvalue weighted by atomic mass is 10.1. The lowest BCUT2D eigenvalue weighted by Gasteiger charge is -2.11. The summed E-state index contributed by atoms with van der Waals surface area (Å²) in [6.45, 7) is 5.83. The molecule has 0 saturated heterocycles. The Balaban J connectivity index is 2.21. The molecule has 3 heteroatoms. The predicted octanol–water partition coefficient (Wildman–Crippen LogP) is 4.24. The van der Waals surface area contributed by atoms with Gasteiger partial charge in [-0.3, -0.25) is 4.98 Å². The summed E-state index contributed by atoms with van der Waals surface area (Å²) in [4.78, 5) is 4.52. The second-order valence-electron chi connectivity index (χ2n) is 5.40. The van der Waals surface area contributed by atoms with E-state index in [1.165, 1.54) is 38.5 Å². The molecule has 0 atom stereocenters. The zero-order chi connectivity index (χ0) is 14.6. The SMILES string of the molecule is CCCCCCCCCOc1ccc(C)nc1CNC. The van der Waals surface area contributed by atoms with Crippen molar-refractivity contribution in [3.63, 3.8) is 0 Å². The molecule has 0 unspecified atom stereocenters. The van der Waals surface area contributed by atoms with Crippen LogP contribution in [0.4, 0.5) is 0 Å². The van der Waals surface area contributed by atoms with Gasteiger partial charge in [-0.15, -0.1) is 0 Å². The maximum absolute atomic E-state index is 5.87. The Hall–Kier alpha value is -1.09. The maximum Gasteiger partial charge on any atom is 0.142 e. The van der Waals surface area contributed by atoms with Gasteiger partial charge in [-0.2, -0.15) is 0 Å². The van der Waals surface area contributed by atoms with Crippen molar-refractivity contribution < 1.29 is 4.74 Å². The van der Waals surface area contributed by atoms with Gasteiger partial charge in [-0.25, -0.2) is 0 Å². The largest absolute Gasteiger partial charge is 0.492 e. The smallest absolute Gasteiger partial charge is 0.142 e. The molecule has 1 rings (SSSR count). The minimum atomic E-state index is 0.758. The first-order valence-electron chi connectivity index (χ1n) is 8.01. The highest BCUT2D eigenvalue weighted by molar-refractivity contribution is 5.29. The van der Waals surface area contributed by atoms with Crippen molar-refractivity contribution in [2.24, 2.45) is 0 Å². The molecule has 0 spiro atoms. The molecule has 1 aromatic rings. The van der Waals surface area contributed by atoms with E-state index in [-0.39, 0.29) is 0 Å². The minimum Gasteiger partial charge on any atom is -0.492 e. The number of rotatable bonds is 11. The molecule has 0 bridgehead atoms. The highest BCUT2D eigenvalue weighted by Crippen LogP contribution is 2.17. The lowest BCUT2D eigenvalue weighted by Crippen LogP contribution is -2.10. The van der Waals surface area contributed by atoms with E-state index in [4.69, 9.17) is 4.74 Å². The van der Waals surface area contributed by atoms with Crippen molar-refractivity contribution >= 4 is 0 Å². The Bertz CT molecular complexity index is 366. The number of nitrogens with one attached hydrogen (secondary N) is 1. The third-order valence-corrected chi connectivity index (χ3v) is 3.42. The van der Waals surface area contributed by atoms with Gasteiger partial charge < -0.3 is 10.1 Å². The van der Waals surface area contributed by atoms with Gasteiger partial charge in [0.05, 0.1) is 12.3 Å². The monoisotopic (exact) mass is 278 g/mol. The van der Waals surface area contributed by atoms with E-state index in [1.807, 2.05) is 26.1 Å². The van der Waals surface area contributed by atoms with Crippen LogP contribution in [0.5, 0.6) is 5.75 Å². The van der Waals surface area contributed by atoms with E-state index >= 15 is 0 Å². The number of aryl methyl sites for hydroxylation is 1. The van der Waals surface area contributed by atoms with Crippen LogP contribution in [-0.4, -0.2) is 18.6 Å². The Morgan fingerprint density at radius 1 is 1.05 bits per heavy atom. The van der Waals surface area contributed by atoms with Crippen LogP contribution < -0.4 is 10.1 Å². The fraction of sp³-hybridized carbons (Fsp3) is 0.706. The second-order valence-corrected chi connectivity index (χ2v) is 5.40. The molecule has 114 valence electrons. The van der Waals surface area contributed by atoms with Crippen molar-refractivity contribution in [2.45, 2.75) is 65.3 Å². The van der Waals surface area contributed by atoms with Crippen LogP contribution in [0.1, 0.15) is 63.3 Å². The molecule has 0 aliphatic heterocycles. The van der Waals surface area contributed by atoms with Gasteiger partial charge in [0.25, 0.3) is 0 Å². The maximum atomic E-state index is 5.87. The molecule has 0 aliphatic carbocycles. The molecule has 1 heterocycles. The number of ether oxygens (including phenoxy) is 1. The van der Waals surface area contributed by atoms with Crippen molar-refractivity contribution in [3.8, 4) is 5.75 Å². The van der Waals surface area contributed by atoms with Gasteiger partial charge in [-0.1, -0.05) is 45.4 Å². The van der Waals surface area contributed by atoms with E-state index in [2.05, 4.69) is 17.2 Å². The highest BCUT2D eigenvalue weighted by atomic mass is 16.5. The summed E-state index contributed by atoms with van der Waals surface area (Å²) in [5, 5.41) is 3.14. The molecular formula is C17H30N2O. The van der Waals surface area contributed by atoms with Crippen LogP contribution in [0.2, 0.25) is 0 Å². The van der Waals surface area contributed by atoms with Gasteiger partial charge in [0.1, 0.15) is 5.75 Å². The third kappa shape index (κ3) is 6.90. The molecule has 20 heavy (non-hydrogen) atoms. The van der Waals surface area contributed by atoms with Crippen LogP contribution in [-0.2, 0) is 6.54 Å². The van der Waals surface area contributed by atoms with Crippen LogP contribution >= 0.6 is 0 Å². The molecular weight excluding hydrogens is 248 g/mol. The van der Waals surface area contributed by atoms with Gasteiger partial charge >= 0.3 is 0 Å². The Morgan fingerprint density at radius 2 is 1.75 bits per heavy atom. The fourth-order valence-corrected chi connectivity index (χ4v) is 2.26. The summed E-state index contributed by atoms with van der Waals surface area (Å²) < 4.78 is 5.87. The normalized spacial score (nSPS) is 10.8. The fourth-order valence-electron chi connectivity index (χ4n) is 2.26. The van der Waals surface area contributed by atoms with Crippen molar-refractivity contribution in [1.29, 1.82) is 0 Å². The van der Waals surface area contributed by atoms with E-state index in [0.29, 0.717) is 0 Å². The van der Waals surface area contributed by atoms with E-state index in [1.54, 1.807) is 0 Å². The standard InChI is InChI=1S/C17H30N2O/c1-4-5-6-7-8-9-10-13-20-17-12-11-15(2)19-16(17)14-18-3/h11-12,18H,4-10,13-14H2,1-3H3. The number of hydrogen-bond donors (Lipinski definition) is 1. The predicted molar refractivity (Wildman–Crippen MR) is 85.2 cm³/mol. The summed E-state index contributed by atoms with van der Waals surface area (Å²) in [7, 11) is 1.93. The number of nitrogens with zero attached hydrogens (tertiary/aromatic N) is 1. The molecule has 0 aromatic carbocycles. The van der Waals surface area contributed by atoms with E-state index < -0.39 is 0 Å². The summed E-state index contributed by atoms with van der Waals surface area (Å²) >= 11 is 0. The number of aromatic nitrogens is 1. The van der Waals surface area contributed by atoms with Crippen molar-refractivity contribution in [3.05, 3.63) is 23.5 Å². The van der Waals surface area contributed by atoms with Gasteiger partial charge in [0, 0.05) is 12.2 Å². The quantitative estimate of drug-likeness (QED) is 0.615. The minimum absolute atomic E-state index is 0.758. The summed E-state index contributed by atoms with van der Waals surface area (Å²) in [6.07, 6.45) is 9.18. The number of pyridine rings is 1. The zero-order valence-corrected chi connectivity index (χ0v) is 13.4. The Kier molecular flexibility index (Phi) is 9.05. The first-order valence-corrected chi connectivity index (χ1v) is 8.01. The topological polar surface area (TPSA) is 34.1 Å². The summed E-state index contributed by atoms with van der Waals surface area (Å²) in [5.41, 5.74) is 2.05. The second kappa shape index (κ2) is 10.7. The van der Waals surface area contributed by atoms with Gasteiger partial charge in [-0.05, 0) is 32.5 Å². The Morgan fingerprint density at radius 3 is 2.45 bits per heavy atom. The average Bonchev–Trinajstić information content (AvgIpc) is 2.44. The van der Waals surface area contributed by atoms with Crippen LogP contribution in [0.15, 0.2) is 12.1 Å². The molecule has 3 nitrogen and oxygen atoms in total. The number of hydrogen-bond acceptors (Lipinski definition) is 3. The van der Waals surface area contributed by atoms with E-state index in [0.717, 1.165) is 36.7 Å². The third-order valence-electron chi connectivity index (χ3n) is 3.42. The summed E-state index contributed by atoms with van der Waals surface area (Å²) in [5.74, 6) is 0.927. The van der Waals surface area contributed by atoms with Crippen LogP contribution in [0.25, 0.3) is 0 Å². The molecule has 0 radical (unpaired) electrons.